The number of hydrogen-bond donors (Lipinski definition) is 1. The fraction of sp³-hybridized carbons (Fsp3) is 0.731. The Bertz CT molecular complexity index is 864. The van der Waals surface area contributed by atoms with Gasteiger partial charge >= 0.3 is 7.12 Å². The van der Waals surface area contributed by atoms with Gasteiger partial charge in [-0.25, -0.2) is 4.39 Å². The van der Waals surface area contributed by atoms with Crippen LogP contribution in [0.15, 0.2) is 12.1 Å². The van der Waals surface area contributed by atoms with E-state index in [2.05, 4.69) is 39.2 Å². The molecule has 0 radical (unpaired) electrons. The van der Waals surface area contributed by atoms with Crippen molar-refractivity contribution in [3.8, 4) is 5.75 Å². The van der Waals surface area contributed by atoms with Crippen LogP contribution in [0, 0.1) is 11.2 Å². The summed E-state index contributed by atoms with van der Waals surface area (Å²) in [7, 11) is -1.61. The van der Waals surface area contributed by atoms with Crippen molar-refractivity contribution >= 4 is 27.3 Å². The molecule has 1 N–H and O–H groups in total. The van der Waals surface area contributed by atoms with Crippen LogP contribution in [0.2, 0.25) is 19.1 Å². The fourth-order valence-corrected chi connectivity index (χ4v) is 5.42. The quantitative estimate of drug-likeness (QED) is 0.374. The molecular formula is C26H45BFNO4Si. The zero-order chi connectivity index (χ0) is 26.1. The first-order valence-electron chi connectivity index (χ1n) is 12.5. The molecule has 0 spiro atoms. The summed E-state index contributed by atoms with van der Waals surface area (Å²) in [6, 6.07) is 3.97. The summed E-state index contributed by atoms with van der Waals surface area (Å²) < 4.78 is 33.4. The molecule has 34 heavy (non-hydrogen) atoms. The molecule has 1 aromatic carbocycles. The molecule has 1 aliphatic rings. The van der Waals surface area contributed by atoms with Gasteiger partial charge in [-0.15, -0.1) is 0 Å². The Labute approximate surface area is 208 Å². The van der Waals surface area contributed by atoms with E-state index in [0.29, 0.717) is 12.2 Å². The Balaban J connectivity index is 2.39. The predicted molar refractivity (Wildman–Crippen MR) is 142 cm³/mol. The largest absolute Gasteiger partial charge is 0.497 e. The summed E-state index contributed by atoms with van der Waals surface area (Å²) in [6.07, 6.45) is 1.67. The smallest absolute Gasteiger partial charge is 0.493 e. The number of halogens is 1. The molecule has 0 atom stereocenters. The van der Waals surface area contributed by atoms with Crippen molar-refractivity contribution in [2.75, 3.05) is 6.61 Å². The minimum absolute atomic E-state index is 0.0352. The summed E-state index contributed by atoms with van der Waals surface area (Å²) in [5, 5.41) is 3.13. The van der Waals surface area contributed by atoms with E-state index in [-0.39, 0.29) is 22.5 Å². The van der Waals surface area contributed by atoms with E-state index in [9.17, 15) is 4.79 Å². The molecule has 0 aliphatic carbocycles. The maximum absolute atomic E-state index is 15.3. The average Bonchev–Trinajstić information content (AvgIpc) is 2.83. The van der Waals surface area contributed by atoms with Crippen LogP contribution in [-0.4, -0.2) is 45.2 Å². The Morgan fingerprint density at radius 3 is 2.15 bits per heavy atom. The highest BCUT2D eigenvalue weighted by molar-refractivity contribution is 6.62. The zero-order valence-electron chi connectivity index (χ0n) is 23.1. The minimum Gasteiger partial charge on any atom is -0.493 e. The van der Waals surface area contributed by atoms with Gasteiger partial charge in [0, 0.05) is 25.9 Å². The third-order valence-corrected chi connectivity index (χ3v) is 8.02. The van der Waals surface area contributed by atoms with Gasteiger partial charge in [0.1, 0.15) is 11.6 Å². The molecule has 1 fully saturated rings. The molecule has 1 saturated heterocycles. The van der Waals surface area contributed by atoms with Crippen molar-refractivity contribution < 1.29 is 23.2 Å². The van der Waals surface area contributed by atoms with Crippen molar-refractivity contribution in [1.82, 2.24) is 5.32 Å². The predicted octanol–water partition coefficient (Wildman–Crippen LogP) is 5.33. The summed E-state index contributed by atoms with van der Waals surface area (Å²) in [6.45, 7) is 23.1. The van der Waals surface area contributed by atoms with Crippen molar-refractivity contribution in [2.24, 2.45) is 5.41 Å². The normalized spacial score (nSPS) is 17.9. The number of rotatable bonds is 9. The third kappa shape index (κ3) is 7.56. The number of benzene rings is 1. The first kappa shape index (κ1) is 28.9. The van der Waals surface area contributed by atoms with Crippen LogP contribution in [0.5, 0.6) is 5.75 Å². The van der Waals surface area contributed by atoms with Crippen LogP contribution in [-0.2, 0) is 9.31 Å². The summed E-state index contributed by atoms with van der Waals surface area (Å²) in [5.74, 6) is -0.537. The maximum atomic E-state index is 15.3. The lowest BCUT2D eigenvalue weighted by Crippen LogP contribution is -2.46. The van der Waals surface area contributed by atoms with Crippen LogP contribution in [0.1, 0.15) is 85.5 Å². The van der Waals surface area contributed by atoms with Crippen LogP contribution in [0.25, 0.3) is 0 Å². The lowest BCUT2D eigenvalue weighted by Gasteiger charge is -2.33. The second-order valence-electron chi connectivity index (χ2n) is 12.9. The first-order valence-corrected chi connectivity index (χ1v) is 15.6. The highest BCUT2D eigenvalue weighted by atomic mass is 28.3. The topological polar surface area (TPSA) is 56.8 Å². The Hall–Kier alpha value is -1.38. The molecule has 0 unspecified atom stereocenters. The van der Waals surface area contributed by atoms with Gasteiger partial charge < -0.3 is 19.4 Å². The Kier molecular flexibility index (Phi) is 8.75. The Morgan fingerprint density at radius 2 is 1.65 bits per heavy atom. The number of ether oxygens (including phenoxy) is 1. The van der Waals surface area contributed by atoms with E-state index in [4.69, 9.17) is 14.0 Å². The van der Waals surface area contributed by atoms with Crippen molar-refractivity contribution in [2.45, 2.75) is 111 Å². The van der Waals surface area contributed by atoms with Crippen molar-refractivity contribution in [1.29, 1.82) is 0 Å². The number of carbonyl (C=O) groups is 1. The van der Waals surface area contributed by atoms with E-state index < -0.39 is 38.5 Å². The average molecular weight is 494 g/mol. The van der Waals surface area contributed by atoms with E-state index in [1.54, 1.807) is 0 Å². The molecule has 5 nitrogen and oxygen atoms in total. The second-order valence-corrected chi connectivity index (χ2v) is 16.3. The van der Waals surface area contributed by atoms with Gasteiger partial charge in [0.2, 0.25) is 0 Å². The lowest BCUT2D eigenvalue weighted by molar-refractivity contribution is 0.00578. The molecule has 1 aromatic rings. The molecule has 192 valence electrons. The summed E-state index contributed by atoms with van der Waals surface area (Å²) in [4.78, 5) is 13.5. The first-order chi connectivity index (χ1) is 15.3. The summed E-state index contributed by atoms with van der Waals surface area (Å²) >= 11 is 0. The van der Waals surface area contributed by atoms with Crippen LogP contribution >= 0.6 is 0 Å². The molecule has 0 aromatic heterocycles. The monoisotopic (exact) mass is 493 g/mol. The molecular weight excluding hydrogens is 448 g/mol. The maximum Gasteiger partial charge on any atom is 0.497 e. The van der Waals surface area contributed by atoms with Gasteiger partial charge in [0.15, 0.2) is 0 Å². The zero-order valence-corrected chi connectivity index (χ0v) is 24.3. The van der Waals surface area contributed by atoms with Gasteiger partial charge in [-0.1, -0.05) is 39.9 Å². The van der Waals surface area contributed by atoms with Gasteiger partial charge in [-0.05, 0) is 65.9 Å². The highest BCUT2D eigenvalue weighted by Crippen LogP contribution is 2.37. The van der Waals surface area contributed by atoms with Gasteiger partial charge in [0.25, 0.3) is 5.91 Å². The molecule has 8 heteroatoms. The second kappa shape index (κ2) is 10.3. The number of hydrogen-bond acceptors (Lipinski definition) is 4. The van der Waals surface area contributed by atoms with Gasteiger partial charge in [-0.3, -0.25) is 4.79 Å². The standard InChI is InChI=1S/C26H45BFNO4Si/c1-23(2,3)17-24(4,5)29-22(30)18-15-19(27-32-25(6,7)26(8,9)33-27)20(28)16-21(18)31-13-12-14-34(10)11/h15-16,34H,12-14,17H2,1-11H3,(H,29,30). The fourth-order valence-electron chi connectivity index (χ4n) is 4.44. The molecule has 1 amide bonds. The van der Waals surface area contributed by atoms with Gasteiger partial charge in [0.05, 0.1) is 23.4 Å². The molecule has 0 bridgehead atoms. The van der Waals surface area contributed by atoms with Gasteiger partial charge in [-0.2, -0.15) is 0 Å². The van der Waals surface area contributed by atoms with Crippen LogP contribution in [0.3, 0.4) is 0 Å². The lowest BCUT2D eigenvalue weighted by atomic mass is 9.77. The van der Waals surface area contributed by atoms with E-state index in [0.717, 1.165) is 18.9 Å². The van der Waals surface area contributed by atoms with Crippen LogP contribution < -0.4 is 15.5 Å². The van der Waals surface area contributed by atoms with Crippen molar-refractivity contribution in [3.63, 3.8) is 0 Å². The van der Waals surface area contributed by atoms with E-state index >= 15 is 4.39 Å². The molecule has 1 aliphatic heterocycles. The molecule has 2 rings (SSSR count). The number of carbonyl (C=O) groups excluding carboxylic acids is 1. The summed E-state index contributed by atoms with van der Waals surface area (Å²) in [5.41, 5.74) is -1.13. The highest BCUT2D eigenvalue weighted by Gasteiger charge is 2.52. The van der Waals surface area contributed by atoms with E-state index in [1.807, 2.05) is 41.5 Å². The SMILES string of the molecule is C[SiH](C)CCCOc1cc(F)c(B2OC(C)(C)C(C)(C)O2)cc1C(=O)NC(C)(C)CC(C)(C)C. The van der Waals surface area contributed by atoms with Crippen LogP contribution in [0.4, 0.5) is 4.39 Å². The number of nitrogens with one attached hydrogen (secondary N) is 1. The minimum atomic E-state index is -0.903. The third-order valence-electron chi connectivity index (χ3n) is 6.46. The molecule has 1 heterocycles. The van der Waals surface area contributed by atoms with E-state index in [1.165, 1.54) is 12.1 Å². The Morgan fingerprint density at radius 1 is 1.09 bits per heavy atom. The van der Waals surface area contributed by atoms with Crippen molar-refractivity contribution in [3.05, 3.63) is 23.5 Å². The number of amides is 1. The molecule has 0 saturated carbocycles.